The van der Waals surface area contributed by atoms with E-state index in [1.165, 1.54) is 19.2 Å². The molecule has 0 unspecified atom stereocenters. The number of anilines is 1. The van der Waals surface area contributed by atoms with Gasteiger partial charge >= 0.3 is 5.97 Å². The quantitative estimate of drug-likeness (QED) is 0.561. The number of halogens is 1. The molecule has 0 aliphatic carbocycles. The summed E-state index contributed by atoms with van der Waals surface area (Å²) in [5.41, 5.74) is 1.10. The Morgan fingerprint density at radius 1 is 1.19 bits per heavy atom. The highest BCUT2D eigenvalue weighted by Gasteiger charge is 2.34. The molecule has 0 bridgehead atoms. The maximum atomic E-state index is 13.7. The molecule has 7 nitrogen and oxygen atoms in total. The topological polar surface area (TPSA) is 68.0 Å². The third-order valence-corrected chi connectivity index (χ3v) is 6.46. The van der Waals surface area contributed by atoms with Gasteiger partial charge in [0.2, 0.25) is 0 Å². The van der Waals surface area contributed by atoms with Gasteiger partial charge in [-0.2, -0.15) is 0 Å². The van der Waals surface area contributed by atoms with E-state index in [9.17, 15) is 9.18 Å². The van der Waals surface area contributed by atoms with Crippen LogP contribution in [0.15, 0.2) is 47.0 Å². The minimum absolute atomic E-state index is 0.279. The molecule has 1 aromatic heterocycles. The number of carbonyl (C=O) groups excluding carboxylic acids is 1. The number of rotatable bonds is 5. The van der Waals surface area contributed by atoms with Gasteiger partial charge in [-0.1, -0.05) is 11.2 Å². The standard InChI is InChI=1S/C24H26FN3O4/c1-30-24(29)17-3-2-4-20(11-17)31-15-16-5-7-19-14-28(10-9-27(19)13-16)23-21-12-18(25)6-8-22(21)32-26-23/h2-4,6,8,11-12,16,19H,5,7,9-10,13-15H2,1H3/t16-,19-/m1/s1. The number of esters is 1. The molecule has 2 aliphatic rings. The van der Waals surface area contributed by atoms with Crippen LogP contribution in [-0.2, 0) is 4.74 Å². The average molecular weight is 439 g/mol. The molecule has 168 valence electrons. The molecule has 0 spiro atoms. The molecule has 3 heterocycles. The Morgan fingerprint density at radius 2 is 2.09 bits per heavy atom. The Hall–Kier alpha value is -3.13. The summed E-state index contributed by atoms with van der Waals surface area (Å²) in [6.07, 6.45) is 2.14. The Kier molecular flexibility index (Phi) is 5.70. The molecule has 32 heavy (non-hydrogen) atoms. The van der Waals surface area contributed by atoms with Gasteiger partial charge in [0.05, 0.1) is 24.7 Å². The van der Waals surface area contributed by atoms with Crippen LogP contribution >= 0.6 is 0 Å². The first-order chi connectivity index (χ1) is 15.6. The summed E-state index contributed by atoms with van der Waals surface area (Å²) >= 11 is 0. The predicted molar refractivity (Wildman–Crippen MR) is 118 cm³/mol. The van der Waals surface area contributed by atoms with Crippen molar-refractivity contribution in [2.45, 2.75) is 18.9 Å². The van der Waals surface area contributed by atoms with Crippen LogP contribution < -0.4 is 9.64 Å². The van der Waals surface area contributed by atoms with Crippen LogP contribution in [0.2, 0.25) is 0 Å². The van der Waals surface area contributed by atoms with Crippen molar-refractivity contribution < 1.29 is 23.2 Å². The molecule has 2 aliphatic heterocycles. The number of ether oxygens (including phenoxy) is 2. The summed E-state index contributed by atoms with van der Waals surface area (Å²) in [6, 6.07) is 12.1. The second-order valence-electron chi connectivity index (χ2n) is 8.52. The van der Waals surface area contributed by atoms with E-state index in [-0.39, 0.29) is 11.8 Å². The fourth-order valence-electron chi connectivity index (χ4n) is 4.76. The summed E-state index contributed by atoms with van der Waals surface area (Å²) in [5.74, 6) is 1.20. The summed E-state index contributed by atoms with van der Waals surface area (Å²) in [7, 11) is 1.37. The molecule has 8 heteroatoms. The zero-order chi connectivity index (χ0) is 22.1. The van der Waals surface area contributed by atoms with Crippen molar-refractivity contribution in [3.05, 3.63) is 53.8 Å². The van der Waals surface area contributed by atoms with Gasteiger partial charge in [-0.15, -0.1) is 0 Å². The second-order valence-corrected chi connectivity index (χ2v) is 8.52. The van der Waals surface area contributed by atoms with Crippen molar-refractivity contribution in [3.8, 4) is 5.75 Å². The fourth-order valence-corrected chi connectivity index (χ4v) is 4.76. The van der Waals surface area contributed by atoms with E-state index >= 15 is 0 Å². The van der Waals surface area contributed by atoms with E-state index in [4.69, 9.17) is 14.0 Å². The van der Waals surface area contributed by atoms with Gasteiger partial charge in [0.25, 0.3) is 0 Å². The van der Waals surface area contributed by atoms with Crippen LogP contribution in [0.4, 0.5) is 10.2 Å². The first kappa shape index (κ1) is 20.8. The molecule has 0 saturated carbocycles. The lowest BCUT2D eigenvalue weighted by Gasteiger charge is -2.46. The number of carbonyl (C=O) groups is 1. The zero-order valence-corrected chi connectivity index (χ0v) is 18.0. The molecule has 0 N–H and O–H groups in total. The number of aromatic nitrogens is 1. The molecule has 2 fully saturated rings. The average Bonchev–Trinajstić information content (AvgIpc) is 3.25. The SMILES string of the molecule is COC(=O)c1cccc(OC[C@@H]2CC[C@@H]3CN(c4noc5ccc(F)cc45)CCN3C2)c1. The molecule has 3 aromatic rings. The zero-order valence-electron chi connectivity index (χ0n) is 18.0. The van der Waals surface area contributed by atoms with Crippen molar-refractivity contribution in [3.63, 3.8) is 0 Å². The minimum Gasteiger partial charge on any atom is -0.493 e. The second kappa shape index (κ2) is 8.78. The lowest BCUT2D eigenvalue weighted by Crippen LogP contribution is -2.57. The maximum absolute atomic E-state index is 13.7. The van der Waals surface area contributed by atoms with E-state index in [0.717, 1.165) is 50.2 Å². The monoisotopic (exact) mass is 439 g/mol. The molecular weight excluding hydrogens is 413 g/mol. The van der Waals surface area contributed by atoms with Crippen LogP contribution in [0.25, 0.3) is 11.0 Å². The van der Waals surface area contributed by atoms with Crippen molar-refractivity contribution >= 4 is 22.8 Å². The van der Waals surface area contributed by atoms with Crippen LogP contribution in [0.3, 0.4) is 0 Å². The number of hydrogen-bond donors (Lipinski definition) is 0. The summed E-state index contributed by atoms with van der Waals surface area (Å²) in [6.45, 7) is 4.19. The Labute approximate surface area is 185 Å². The number of nitrogens with zero attached hydrogens (tertiary/aromatic N) is 3. The van der Waals surface area contributed by atoms with Crippen LogP contribution in [0.5, 0.6) is 5.75 Å². The van der Waals surface area contributed by atoms with Crippen LogP contribution in [-0.4, -0.2) is 62.0 Å². The van der Waals surface area contributed by atoms with E-state index in [1.807, 2.05) is 6.07 Å². The highest BCUT2D eigenvalue weighted by atomic mass is 19.1. The first-order valence-corrected chi connectivity index (χ1v) is 11.0. The lowest BCUT2D eigenvalue weighted by atomic mass is 9.91. The number of hydrogen-bond acceptors (Lipinski definition) is 7. The van der Waals surface area contributed by atoms with E-state index in [0.29, 0.717) is 35.5 Å². The number of piperazine rings is 1. The Bertz CT molecular complexity index is 1120. The van der Waals surface area contributed by atoms with Gasteiger partial charge in [-0.05, 0) is 49.2 Å². The highest BCUT2D eigenvalue weighted by molar-refractivity contribution is 5.90. The summed E-state index contributed by atoms with van der Waals surface area (Å²) in [4.78, 5) is 16.4. The smallest absolute Gasteiger partial charge is 0.337 e. The predicted octanol–water partition coefficient (Wildman–Crippen LogP) is 3.73. The van der Waals surface area contributed by atoms with Gasteiger partial charge in [0.1, 0.15) is 11.6 Å². The van der Waals surface area contributed by atoms with Gasteiger partial charge in [0, 0.05) is 38.1 Å². The first-order valence-electron chi connectivity index (χ1n) is 11.0. The molecule has 0 amide bonds. The maximum Gasteiger partial charge on any atom is 0.337 e. The summed E-state index contributed by atoms with van der Waals surface area (Å²) < 4.78 is 29.9. The van der Waals surface area contributed by atoms with E-state index < -0.39 is 0 Å². The molecule has 2 atom stereocenters. The van der Waals surface area contributed by atoms with Gasteiger partial charge in [-0.3, -0.25) is 4.90 Å². The number of benzene rings is 2. The number of piperidine rings is 1. The molecular formula is C24H26FN3O4. The van der Waals surface area contributed by atoms with Crippen LogP contribution in [0, 0.1) is 11.7 Å². The molecule has 2 aromatic carbocycles. The third kappa shape index (κ3) is 4.14. The fraction of sp³-hybridized carbons (Fsp3) is 0.417. The van der Waals surface area contributed by atoms with Crippen LogP contribution in [0.1, 0.15) is 23.2 Å². The van der Waals surface area contributed by atoms with E-state index in [1.54, 1.807) is 24.3 Å². The normalized spacial score (nSPS) is 21.4. The Balaban J connectivity index is 1.18. The van der Waals surface area contributed by atoms with Crippen molar-refractivity contribution in [1.82, 2.24) is 10.1 Å². The van der Waals surface area contributed by atoms with Crippen molar-refractivity contribution in [2.75, 3.05) is 44.8 Å². The number of methoxy groups -OCH3 is 1. The third-order valence-electron chi connectivity index (χ3n) is 6.46. The largest absolute Gasteiger partial charge is 0.493 e. The van der Waals surface area contributed by atoms with Gasteiger partial charge in [0.15, 0.2) is 11.4 Å². The van der Waals surface area contributed by atoms with Crippen molar-refractivity contribution in [2.24, 2.45) is 5.92 Å². The number of fused-ring (bicyclic) bond motifs is 2. The summed E-state index contributed by atoms with van der Waals surface area (Å²) in [5, 5.41) is 4.95. The minimum atomic E-state index is -0.364. The molecule has 0 radical (unpaired) electrons. The molecule has 5 rings (SSSR count). The highest BCUT2D eigenvalue weighted by Crippen LogP contribution is 2.32. The van der Waals surface area contributed by atoms with Crippen molar-refractivity contribution in [1.29, 1.82) is 0 Å². The molecule has 2 saturated heterocycles. The van der Waals surface area contributed by atoms with Gasteiger partial charge < -0.3 is 18.9 Å². The van der Waals surface area contributed by atoms with Gasteiger partial charge in [-0.25, -0.2) is 9.18 Å². The lowest BCUT2D eigenvalue weighted by molar-refractivity contribution is 0.0599. The Morgan fingerprint density at radius 3 is 2.97 bits per heavy atom. The van der Waals surface area contributed by atoms with E-state index in [2.05, 4.69) is 15.0 Å².